The van der Waals surface area contributed by atoms with Gasteiger partial charge in [-0.1, -0.05) is 58.0 Å². The van der Waals surface area contributed by atoms with Gasteiger partial charge in [0, 0.05) is 5.56 Å². The van der Waals surface area contributed by atoms with Crippen LogP contribution in [0.1, 0.15) is 39.5 Å². The average Bonchev–Trinajstić information content (AvgIpc) is 2.51. The van der Waals surface area contributed by atoms with Crippen LogP contribution in [0.15, 0.2) is 30.3 Å². The van der Waals surface area contributed by atoms with E-state index in [-0.39, 0.29) is 18.5 Å². The number of hydrogen-bond donors (Lipinski definition) is 0. The first-order valence-corrected chi connectivity index (χ1v) is 8.05. The van der Waals surface area contributed by atoms with Crippen LogP contribution in [0, 0.1) is 17.8 Å². The Balaban J connectivity index is 1.74. The van der Waals surface area contributed by atoms with Gasteiger partial charge in [-0.05, 0) is 17.8 Å². The lowest BCUT2D eigenvalue weighted by Crippen LogP contribution is -2.56. The second kappa shape index (κ2) is 6.07. The van der Waals surface area contributed by atoms with Crippen molar-refractivity contribution in [3.05, 3.63) is 35.9 Å². The fraction of sp³-hybridized carbons (Fsp3) is 0.667. The van der Waals surface area contributed by atoms with E-state index in [1.165, 1.54) is 0 Å². The molecule has 21 heavy (non-hydrogen) atoms. The van der Waals surface area contributed by atoms with Crippen LogP contribution in [0.2, 0.25) is 0 Å². The summed E-state index contributed by atoms with van der Waals surface area (Å²) in [6.07, 6.45) is 0.209. The van der Waals surface area contributed by atoms with E-state index >= 15 is 0 Å². The quantitative estimate of drug-likeness (QED) is 0.829. The van der Waals surface area contributed by atoms with Crippen molar-refractivity contribution in [3.63, 3.8) is 0 Å². The van der Waals surface area contributed by atoms with Crippen molar-refractivity contribution < 1.29 is 14.2 Å². The van der Waals surface area contributed by atoms with Crippen molar-refractivity contribution in [2.45, 2.75) is 52.3 Å². The topological polar surface area (TPSA) is 27.7 Å². The molecule has 6 atom stereocenters. The smallest absolute Gasteiger partial charge is 0.184 e. The fourth-order valence-corrected chi connectivity index (χ4v) is 3.60. The van der Waals surface area contributed by atoms with Gasteiger partial charge in [0.2, 0.25) is 0 Å². The summed E-state index contributed by atoms with van der Waals surface area (Å²) in [5.41, 5.74) is 1.08. The molecule has 0 amide bonds. The SMILES string of the molecule is CC(C)C1O[C@@H]2COC(c3ccccc3)O[C@@H]2[C@H](C)[C@H]1C. The predicted octanol–water partition coefficient (Wildman–Crippen LogP) is 3.80. The van der Waals surface area contributed by atoms with E-state index < -0.39 is 0 Å². The molecule has 0 bridgehead atoms. The van der Waals surface area contributed by atoms with Crippen molar-refractivity contribution in [3.8, 4) is 0 Å². The summed E-state index contributed by atoms with van der Waals surface area (Å²) in [5, 5.41) is 0. The van der Waals surface area contributed by atoms with E-state index in [0.29, 0.717) is 30.5 Å². The molecule has 0 spiro atoms. The van der Waals surface area contributed by atoms with Crippen LogP contribution in [0.5, 0.6) is 0 Å². The van der Waals surface area contributed by atoms with Crippen LogP contribution in [-0.4, -0.2) is 24.9 Å². The monoisotopic (exact) mass is 290 g/mol. The predicted molar refractivity (Wildman–Crippen MR) is 81.8 cm³/mol. The Morgan fingerprint density at radius 2 is 1.71 bits per heavy atom. The van der Waals surface area contributed by atoms with Crippen LogP contribution in [0.4, 0.5) is 0 Å². The molecule has 116 valence electrons. The van der Waals surface area contributed by atoms with Crippen molar-refractivity contribution in [2.24, 2.45) is 17.8 Å². The largest absolute Gasteiger partial charge is 0.369 e. The molecule has 0 aromatic heterocycles. The van der Waals surface area contributed by atoms with Crippen LogP contribution < -0.4 is 0 Å². The number of hydrogen-bond acceptors (Lipinski definition) is 3. The Morgan fingerprint density at radius 1 is 1.00 bits per heavy atom. The molecule has 0 N–H and O–H groups in total. The molecule has 0 saturated carbocycles. The summed E-state index contributed by atoms with van der Waals surface area (Å²) in [7, 11) is 0. The maximum Gasteiger partial charge on any atom is 0.184 e. The Hall–Kier alpha value is -0.900. The first kappa shape index (κ1) is 15.0. The molecule has 0 aliphatic carbocycles. The molecular weight excluding hydrogens is 264 g/mol. The molecule has 2 fully saturated rings. The zero-order valence-electron chi connectivity index (χ0n) is 13.4. The van der Waals surface area contributed by atoms with E-state index in [1.54, 1.807) is 0 Å². The van der Waals surface area contributed by atoms with E-state index in [9.17, 15) is 0 Å². The third-order valence-corrected chi connectivity index (χ3v) is 4.99. The minimum atomic E-state index is -0.263. The van der Waals surface area contributed by atoms with Crippen molar-refractivity contribution in [1.29, 1.82) is 0 Å². The molecule has 1 aromatic carbocycles. The second-order valence-corrected chi connectivity index (χ2v) is 6.78. The molecule has 3 heteroatoms. The molecule has 2 saturated heterocycles. The summed E-state index contributed by atoms with van der Waals surface area (Å²) in [6, 6.07) is 10.2. The molecule has 3 nitrogen and oxygen atoms in total. The minimum Gasteiger partial charge on any atom is -0.369 e. The standard InChI is InChI=1S/C18H26O3/c1-11(2)16-12(3)13(4)17-15(20-16)10-19-18(21-17)14-8-6-5-7-9-14/h5-9,11-13,15-18H,10H2,1-4H3/t12-,13-,15-,16?,17-,18?/m1/s1. The highest BCUT2D eigenvalue weighted by molar-refractivity contribution is 5.16. The summed E-state index contributed by atoms with van der Waals surface area (Å²) in [6.45, 7) is 9.64. The highest BCUT2D eigenvalue weighted by Gasteiger charge is 2.46. The molecule has 2 unspecified atom stereocenters. The number of fused-ring (bicyclic) bond motifs is 1. The number of ether oxygens (including phenoxy) is 3. The average molecular weight is 290 g/mol. The zero-order chi connectivity index (χ0) is 15.0. The van der Waals surface area contributed by atoms with E-state index in [4.69, 9.17) is 14.2 Å². The van der Waals surface area contributed by atoms with Gasteiger partial charge in [0.05, 0.1) is 18.8 Å². The van der Waals surface area contributed by atoms with Gasteiger partial charge in [-0.25, -0.2) is 0 Å². The Labute approximate surface area is 127 Å². The highest BCUT2D eigenvalue weighted by Crippen LogP contribution is 2.40. The lowest BCUT2D eigenvalue weighted by molar-refractivity contribution is -0.313. The van der Waals surface area contributed by atoms with Gasteiger partial charge < -0.3 is 14.2 Å². The van der Waals surface area contributed by atoms with Crippen molar-refractivity contribution in [1.82, 2.24) is 0 Å². The summed E-state index contributed by atoms with van der Waals surface area (Å²) >= 11 is 0. The van der Waals surface area contributed by atoms with Gasteiger partial charge in [-0.2, -0.15) is 0 Å². The molecule has 2 aliphatic rings. The third-order valence-electron chi connectivity index (χ3n) is 4.99. The summed E-state index contributed by atoms with van der Waals surface area (Å²) in [5.74, 6) is 1.50. The highest BCUT2D eigenvalue weighted by atomic mass is 16.7. The van der Waals surface area contributed by atoms with E-state index in [2.05, 4.69) is 39.8 Å². The first-order chi connectivity index (χ1) is 10.1. The van der Waals surface area contributed by atoms with Gasteiger partial charge >= 0.3 is 0 Å². The number of benzene rings is 1. The third kappa shape index (κ3) is 2.87. The summed E-state index contributed by atoms with van der Waals surface area (Å²) in [4.78, 5) is 0. The second-order valence-electron chi connectivity index (χ2n) is 6.78. The van der Waals surface area contributed by atoms with Gasteiger partial charge in [-0.15, -0.1) is 0 Å². The maximum atomic E-state index is 6.27. The molecule has 2 aliphatic heterocycles. The Kier molecular flexibility index (Phi) is 4.34. The lowest BCUT2D eigenvalue weighted by Gasteiger charge is -2.49. The van der Waals surface area contributed by atoms with Gasteiger partial charge in [0.15, 0.2) is 6.29 Å². The van der Waals surface area contributed by atoms with Crippen LogP contribution >= 0.6 is 0 Å². The Morgan fingerprint density at radius 3 is 2.38 bits per heavy atom. The van der Waals surface area contributed by atoms with Gasteiger partial charge in [0.25, 0.3) is 0 Å². The first-order valence-electron chi connectivity index (χ1n) is 8.05. The molecule has 2 heterocycles. The van der Waals surface area contributed by atoms with Crippen LogP contribution in [0.25, 0.3) is 0 Å². The molecule has 1 aromatic rings. The lowest BCUT2D eigenvalue weighted by atomic mass is 9.77. The van der Waals surface area contributed by atoms with E-state index in [1.807, 2.05) is 18.2 Å². The van der Waals surface area contributed by atoms with E-state index in [0.717, 1.165) is 5.56 Å². The fourth-order valence-electron chi connectivity index (χ4n) is 3.60. The van der Waals surface area contributed by atoms with Gasteiger partial charge in [0.1, 0.15) is 6.10 Å². The normalized spacial score (nSPS) is 40.0. The molecule has 0 radical (unpaired) electrons. The zero-order valence-corrected chi connectivity index (χ0v) is 13.4. The molecular formula is C18H26O3. The maximum absolute atomic E-state index is 6.27. The number of rotatable bonds is 2. The Bertz CT molecular complexity index is 457. The molecule has 3 rings (SSSR count). The van der Waals surface area contributed by atoms with Crippen LogP contribution in [-0.2, 0) is 14.2 Å². The minimum absolute atomic E-state index is 0.0589. The van der Waals surface area contributed by atoms with Crippen molar-refractivity contribution >= 4 is 0 Å². The van der Waals surface area contributed by atoms with Crippen LogP contribution in [0.3, 0.4) is 0 Å². The van der Waals surface area contributed by atoms with Gasteiger partial charge in [-0.3, -0.25) is 0 Å². The summed E-state index contributed by atoms with van der Waals surface area (Å²) < 4.78 is 18.4. The van der Waals surface area contributed by atoms with Crippen molar-refractivity contribution in [2.75, 3.05) is 6.61 Å².